The Kier molecular flexibility index (Phi) is 6.52. The topological polar surface area (TPSA) is 71.0 Å². The van der Waals surface area contributed by atoms with Gasteiger partial charge in [-0.3, -0.25) is 0 Å². The molecule has 1 aliphatic heterocycles. The van der Waals surface area contributed by atoms with E-state index in [0.717, 1.165) is 36.3 Å². The number of amides is 2. The van der Waals surface area contributed by atoms with Gasteiger partial charge in [0.05, 0.1) is 26.9 Å². The van der Waals surface area contributed by atoms with Crippen molar-refractivity contribution >= 4 is 6.03 Å². The number of carbonyl (C=O) groups excluding carboxylic acids is 1. The van der Waals surface area contributed by atoms with Gasteiger partial charge in [0.2, 0.25) is 0 Å². The molecule has 0 aliphatic carbocycles. The molecular formula is C17H26N2O4. The van der Waals surface area contributed by atoms with Crippen LogP contribution in [0, 0.1) is 0 Å². The highest BCUT2D eigenvalue weighted by atomic mass is 16.5. The fourth-order valence-electron chi connectivity index (χ4n) is 2.88. The predicted molar refractivity (Wildman–Crippen MR) is 88.1 cm³/mol. The molecule has 2 amide bonds. The molecule has 0 radical (unpaired) electrons. The van der Waals surface area contributed by atoms with Gasteiger partial charge in [0, 0.05) is 19.2 Å². The molecule has 0 saturated carbocycles. The maximum atomic E-state index is 12.3. The second kappa shape index (κ2) is 8.62. The number of rotatable bonds is 6. The summed E-state index contributed by atoms with van der Waals surface area (Å²) in [5, 5.41) is 12.3. The van der Waals surface area contributed by atoms with Gasteiger partial charge in [-0.1, -0.05) is 0 Å². The number of hydrogen-bond donors (Lipinski definition) is 2. The molecule has 2 N–H and O–H groups in total. The summed E-state index contributed by atoms with van der Waals surface area (Å²) in [5.41, 5.74) is 1.04. The van der Waals surface area contributed by atoms with Crippen LogP contribution in [0.5, 0.6) is 11.5 Å². The third kappa shape index (κ3) is 4.76. The van der Waals surface area contributed by atoms with Crippen LogP contribution in [0.1, 0.15) is 24.8 Å². The summed E-state index contributed by atoms with van der Waals surface area (Å²) in [7, 11) is 3.23. The Morgan fingerprint density at radius 3 is 2.57 bits per heavy atom. The zero-order valence-corrected chi connectivity index (χ0v) is 13.9. The third-order valence-electron chi connectivity index (χ3n) is 4.20. The molecule has 6 nitrogen and oxygen atoms in total. The van der Waals surface area contributed by atoms with E-state index in [2.05, 4.69) is 5.32 Å². The number of benzene rings is 1. The summed E-state index contributed by atoms with van der Waals surface area (Å²) in [6.45, 7) is 1.27. The standard InChI is InChI=1S/C17H26N2O4/c1-22-15-9-13(10-16(11-15)23-2)6-7-18-17(21)19-8-4-3-5-14(19)12-20/h9-11,14,20H,3-8,12H2,1-2H3,(H,18,21)/t14-/m1/s1. The van der Waals surface area contributed by atoms with Crippen LogP contribution in [0.25, 0.3) is 0 Å². The molecule has 1 saturated heterocycles. The first-order valence-electron chi connectivity index (χ1n) is 8.05. The zero-order chi connectivity index (χ0) is 16.7. The SMILES string of the molecule is COc1cc(CCNC(=O)N2CCCC[C@@H]2CO)cc(OC)c1. The maximum Gasteiger partial charge on any atom is 0.317 e. The van der Waals surface area contributed by atoms with E-state index < -0.39 is 0 Å². The Balaban J connectivity index is 1.87. The first-order valence-corrected chi connectivity index (χ1v) is 8.05. The fourth-order valence-corrected chi connectivity index (χ4v) is 2.88. The number of nitrogens with one attached hydrogen (secondary N) is 1. The summed E-state index contributed by atoms with van der Waals surface area (Å²) in [4.78, 5) is 14.0. The van der Waals surface area contributed by atoms with Crippen LogP contribution in [0.3, 0.4) is 0 Å². The van der Waals surface area contributed by atoms with Crippen LogP contribution in [0.15, 0.2) is 18.2 Å². The van der Waals surface area contributed by atoms with Crippen LogP contribution in [-0.4, -0.2) is 56.0 Å². The second-order valence-electron chi connectivity index (χ2n) is 5.73. The summed E-state index contributed by atoms with van der Waals surface area (Å²) in [5.74, 6) is 1.48. The van der Waals surface area contributed by atoms with E-state index in [-0.39, 0.29) is 18.7 Å². The average Bonchev–Trinajstić information content (AvgIpc) is 2.61. The molecule has 0 bridgehead atoms. The molecular weight excluding hydrogens is 296 g/mol. The average molecular weight is 322 g/mol. The Labute approximate surface area is 137 Å². The Hall–Kier alpha value is -1.95. The van der Waals surface area contributed by atoms with Gasteiger partial charge in [-0.2, -0.15) is 0 Å². The lowest BCUT2D eigenvalue weighted by Crippen LogP contribution is -2.50. The number of carbonyl (C=O) groups is 1. The summed E-state index contributed by atoms with van der Waals surface area (Å²) >= 11 is 0. The van der Waals surface area contributed by atoms with E-state index in [4.69, 9.17) is 9.47 Å². The lowest BCUT2D eigenvalue weighted by atomic mass is 10.0. The van der Waals surface area contributed by atoms with Crippen molar-refractivity contribution in [2.75, 3.05) is 33.9 Å². The van der Waals surface area contributed by atoms with Crippen molar-refractivity contribution in [1.29, 1.82) is 0 Å². The maximum absolute atomic E-state index is 12.3. The van der Waals surface area contributed by atoms with Crippen LogP contribution in [0.2, 0.25) is 0 Å². The van der Waals surface area contributed by atoms with E-state index in [1.165, 1.54) is 0 Å². The van der Waals surface area contributed by atoms with Gasteiger partial charge in [-0.05, 0) is 43.4 Å². The number of urea groups is 1. The second-order valence-corrected chi connectivity index (χ2v) is 5.73. The number of aliphatic hydroxyl groups is 1. The lowest BCUT2D eigenvalue weighted by molar-refractivity contribution is 0.108. The van der Waals surface area contributed by atoms with Crippen molar-refractivity contribution in [3.05, 3.63) is 23.8 Å². The van der Waals surface area contributed by atoms with Gasteiger partial charge in [-0.15, -0.1) is 0 Å². The number of methoxy groups -OCH3 is 2. The predicted octanol–water partition coefficient (Wildman–Crippen LogP) is 1.80. The molecule has 1 atom stereocenters. The number of likely N-dealkylation sites (tertiary alicyclic amines) is 1. The minimum absolute atomic E-state index is 0.0283. The van der Waals surface area contributed by atoms with Crippen molar-refractivity contribution in [3.63, 3.8) is 0 Å². The van der Waals surface area contributed by atoms with Crippen molar-refractivity contribution in [3.8, 4) is 11.5 Å². The highest BCUT2D eigenvalue weighted by molar-refractivity contribution is 5.74. The van der Waals surface area contributed by atoms with Gasteiger partial charge in [0.1, 0.15) is 11.5 Å². The minimum atomic E-state index is -0.0985. The van der Waals surface area contributed by atoms with Crippen molar-refractivity contribution in [2.45, 2.75) is 31.7 Å². The molecule has 1 fully saturated rings. The molecule has 0 unspecified atom stereocenters. The largest absolute Gasteiger partial charge is 0.497 e. The first-order chi connectivity index (χ1) is 11.2. The first kappa shape index (κ1) is 17.4. The van der Waals surface area contributed by atoms with Gasteiger partial charge < -0.3 is 24.8 Å². The minimum Gasteiger partial charge on any atom is -0.497 e. The van der Waals surface area contributed by atoms with Crippen LogP contribution in [-0.2, 0) is 6.42 Å². The Morgan fingerprint density at radius 2 is 1.96 bits per heavy atom. The fraction of sp³-hybridized carbons (Fsp3) is 0.588. The Morgan fingerprint density at radius 1 is 1.26 bits per heavy atom. The number of hydrogen-bond acceptors (Lipinski definition) is 4. The van der Waals surface area contributed by atoms with E-state index in [1.807, 2.05) is 18.2 Å². The Bertz CT molecular complexity index is 499. The monoisotopic (exact) mass is 322 g/mol. The van der Waals surface area contributed by atoms with Crippen molar-refractivity contribution in [1.82, 2.24) is 10.2 Å². The zero-order valence-electron chi connectivity index (χ0n) is 13.9. The number of ether oxygens (including phenoxy) is 2. The lowest BCUT2D eigenvalue weighted by Gasteiger charge is -2.34. The summed E-state index contributed by atoms with van der Waals surface area (Å²) < 4.78 is 10.5. The normalized spacial score (nSPS) is 17.7. The third-order valence-corrected chi connectivity index (χ3v) is 4.20. The molecule has 0 aromatic heterocycles. The quantitative estimate of drug-likeness (QED) is 0.838. The van der Waals surface area contributed by atoms with Gasteiger partial charge >= 0.3 is 6.03 Å². The number of piperidine rings is 1. The van der Waals surface area contributed by atoms with Crippen LogP contribution < -0.4 is 14.8 Å². The smallest absolute Gasteiger partial charge is 0.317 e. The van der Waals surface area contributed by atoms with Crippen molar-refractivity contribution in [2.24, 2.45) is 0 Å². The molecule has 2 rings (SSSR count). The summed E-state index contributed by atoms with van der Waals surface area (Å²) in [6, 6.07) is 5.54. The van der Waals surface area contributed by atoms with Crippen LogP contribution >= 0.6 is 0 Å². The molecule has 1 aromatic carbocycles. The van der Waals surface area contributed by atoms with Gasteiger partial charge in [0.25, 0.3) is 0 Å². The highest BCUT2D eigenvalue weighted by Gasteiger charge is 2.25. The summed E-state index contributed by atoms with van der Waals surface area (Å²) in [6.07, 6.45) is 3.63. The van der Waals surface area contributed by atoms with Gasteiger partial charge in [-0.25, -0.2) is 4.79 Å². The van der Waals surface area contributed by atoms with Crippen LogP contribution in [0.4, 0.5) is 4.79 Å². The van der Waals surface area contributed by atoms with E-state index in [0.29, 0.717) is 19.5 Å². The van der Waals surface area contributed by atoms with E-state index in [9.17, 15) is 9.90 Å². The molecule has 1 aliphatic rings. The molecule has 128 valence electrons. The van der Waals surface area contributed by atoms with E-state index in [1.54, 1.807) is 19.1 Å². The highest BCUT2D eigenvalue weighted by Crippen LogP contribution is 2.22. The molecule has 23 heavy (non-hydrogen) atoms. The molecule has 0 spiro atoms. The van der Waals surface area contributed by atoms with Crippen molar-refractivity contribution < 1.29 is 19.4 Å². The van der Waals surface area contributed by atoms with Gasteiger partial charge in [0.15, 0.2) is 0 Å². The molecule has 1 aromatic rings. The van der Waals surface area contributed by atoms with E-state index >= 15 is 0 Å². The number of aliphatic hydroxyl groups excluding tert-OH is 1. The number of nitrogens with zero attached hydrogens (tertiary/aromatic N) is 1. The molecule has 6 heteroatoms. The molecule has 1 heterocycles.